The van der Waals surface area contributed by atoms with Gasteiger partial charge in [0.1, 0.15) is 0 Å². The van der Waals surface area contributed by atoms with Crippen molar-refractivity contribution in [1.82, 2.24) is 5.43 Å². The Morgan fingerprint density at radius 2 is 2.21 bits per heavy atom. The summed E-state index contributed by atoms with van der Waals surface area (Å²) in [4.78, 5) is 0. The molecule has 0 aliphatic heterocycles. The molecule has 74 valence electrons. The highest BCUT2D eigenvalue weighted by Crippen LogP contribution is 2.30. The van der Waals surface area contributed by atoms with E-state index in [-0.39, 0.29) is 6.04 Å². The molecule has 4 heteroatoms. The second-order valence-corrected chi connectivity index (χ2v) is 3.56. The number of terminal acetylenes is 1. The molecule has 0 fully saturated rings. The van der Waals surface area contributed by atoms with Gasteiger partial charge in [-0.2, -0.15) is 0 Å². The van der Waals surface area contributed by atoms with Crippen molar-refractivity contribution in [3.8, 4) is 12.3 Å². The molecule has 0 saturated heterocycles. The van der Waals surface area contributed by atoms with Crippen molar-refractivity contribution in [3.05, 3.63) is 33.8 Å². The van der Waals surface area contributed by atoms with Crippen molar-refractivity contribution < 1.29 is 0 Å². The number of rotatable bonds is 3. The van der Waals surface area contributed by atoms with Crippen LogP contribution >= 0.6 is 23.2 Å². The maximum Gasteiger partial charge on any atom is 0.0640 e. The maximum absolute atomic E-state index is 6.01. The molecule has 2 nitrogen and oxygen atoms in total. The van der Waals surface area contributed by atoms with E-state index in [9.17, 15) is 0 Å². The Morgan fingerprint density at radius 1 is 1.50 bits per heavy atom. The van der Waals surface area contributed by atoms with Crippen molar-refractivity contribution >= 4 is 23.2 Å². The zero-order valence-corrected chi connectivity index (χ0v) is 8.94. The van der Waals surface area contributed by atoms with Crippen LogP contribution in [0.1, 0.15) is 18.0 Å². The minimum Gasteiger partial charge on any atom is -0.271 e. The maximum atomic E-state index is 6.01. The molecule has 1 aromatic carbocycles. The fraction of sp³-hybridized carbons (Fsp3) is 0.200. The Bertz CT molecular complexity index is 358. The fourth-order valence-corrected chi connectivity index (χ4v) is 1.61. The van der Waals surface area contributed by atoms with Gasteiger partial charge in [0.15, 0.2) is 0 Å². The summed E-state index contributed by atoms with van der Waals surface area (Å²) in [5.41, 5.74) is 3.42. The highest BCUT2D eigenvalue weighted by atomic mass is 35.5. The van der Waals surface area contributed by atoms with E-state index in [0.29, 0.717) is 16.5 Å². The van der Waals surface area contributed by atoms with Crippen LogP contribution in [-0.2, 0) is 0 Å². The predicted molar refractivity (Wildman–Crippen MR) is 60.0 cm³/mol. The minimum atomic E-state index is -0.161. The Labute approximate surface area is 93.4 Å². The summed E-state index contributed by atoms with van der Waals surface area (Å²) in [5, 5.41) is 0.994. The lowest BCUT2D eigenvalue weighted by molar-refractivity contribution is 0.568. The third-order valence-electron chi connectivity index (χ3n) is 1.88. The molecule has 0 aliphatic carbocycles. The van der Waals surface area contributed by atoms with Gasteiger partial charge >= 0.3 is 0 Å². The first-order chi connectivity index (χ1) is 6.70. The summed E-state index contributed by atoms with van der Waals surface area (Å²) >= 11 is 11.9. The third-order valence-corrected chi connectivity index (χ3v) is 2.71. The first-order valence-electron chi connectivity index (χ1n) is 4.04. The molecule has 1 unspecified atom stereocenters. The summed E-state index contributed by atoms with van der Waals surface area (Å²) in [6.07, 6.45) is 5.68. The molecular formula is C10H10Cl2N2. The monoisotopic (exact) mass is 228 g/mol. The molecule has 1 atom stereocenters. The highest BCUT2D eigenvalue weighted by Gasteiger charge is 2.13. The minimum absolute atomic E-state index is 0.161. The van der Waals surface area contributed by atoms with Crippen LogP contribution in [0, 0.1) is 12.3 Å². The normalized spacial score (nSPS) is 12.1. The van der Waals surface area contributed by atoms with Crippen molar-refractivity contribution in [1.29, 1.82) is 0 Å². The van der Waals surface area contributed by atoms with Gasteiger partial charge in [-0.3, -0.25) is 11.3 Å². The van der Waals surface area contributed by atoms with Gasteiger partial charge in [0.2, 0.25) is 0 Å². The predicted octanol–water partition coefficient (Wildman–Crippen LogP) is 2.52. The summed E-state index contributed by atoms with van der Waals surface area (Å²) < 4.78 is 0. The van der Waals surface area contributed by atoms with Crippen molar-refractivity contribution in [2.45, 2.75) is 12.5 Å². The molecule has 3 N–H and O–H groups in total. The molecule has 1 rings (SSSR count). The fourth-order valence-electron chi connectivity index (χ4n) is 1.17. The quantitative estimate of drug-likeness (QED) is 0.474. The molecule has 0 bridgehead atoms. The van der Waals surface area contributed by atoms with Gasteiger partial charge in [0, 0.05) is 6.42 Å². The van der Waals surface area contributed by atoms with Crippen LogP contribution in [0.4, 0.5) is 0 Å². The van der Waals surface area contributed by atoms with Crippen molar-refractivity contribution in [3.63, 3.8) is 0 Å². The largest absolute Gasteiger partial charge is 0.271 e. The second-order valence-electron chi connectivity index (χ2n) is 2.77. The Morgan fingerprint density at radius 3 is 2.79 bits per heavy atom. The van der Waals surface area contributed by atoms with E-state index in [1.807, 2.05) is 12.1 Å². The van der Waals surface area contributed by atoms with Gasteiger partial charge in [-0.05, 0) is 11.6 Å². The Balaban J connectivity index is 3.05. The number of benzene rings is 1. The Hall–Kier alpha value is -0.720. The van der Waals surface area contributed by atoms with Crippen LogP contribution in [0.15, 0.2) is 18.2 Å². The van der Waals surface area contributed by atoms with Crippen LogP contribution in [-0.4, -0.2) is 0 Å². The highest BCUT2D eigenvalue weighted by molar-refractivity contribution is 6.42. The molecule has 14 heavy (non-hydrogen) atoms. The van der Waals surface area contributed by atoms with E-state index in [4.69, 9.17) is 35.5 Å². The smallest absolute Gasteiger partial charge is 0.0640 e. The van der Waals surface area contributed by atoms with Crippen LogP contribution in [0.3, 0.4) is 0 Å². The number of hydrazine groups is 1. The molecule has 0 aliphatic rings. The summed E-state index contributed by atoms with van der Waals surface area (Å²) in [6.45, 7) is 0. The molecule has 0 radical (unpaired) electrons. The van der Waals surface area contributed by atoms with E-state index >= 15 is 0 Å². The molecule has 0 spiro atoms. The van der Waals surface area contributed by atoms with Gasteiger partial charge in [0.05, 0.1) is 16.1 Å². The van der Waals surface area contributed by atoms with Gasteiger partial charge in [-0.1, -0.05) is 35.3 Å². The van der Waals surface area contributed by atoms with E-state index in [2.05, 4.69) is 11.3 Å². The van der Waals surface area contributed by atoms with E-state index < -0.39 is 0 Å². The number of hydrogen-bond acceptors (Lipinski definition) is 2. The van der Waals surface area contributed by atoms with Crippen LogP contribution in [0.25, 0.3) is 0 Å². The van der Waals surface area contributed by atoms with E-state index in [1.165, 1.54) is 0 Å². The number of halogens is 2. The lowest BCUT2D eigenvalue weighted by atomic mass is 10.0. The first kappa shape index (κ1) is 11.4. The number of hydrogen-bond donors (Lipinski definition) is 2. The third kappa shape index (κ3) is 2.40. The molecule has 0 heterocycles. The lowest BCUT2D eigenvalue weighted by Gasteiger charge is -2.15. The van der Waals surface area contributed by atoms with E-state index in [1.54, 1.807) is 6.07 Å². The van der Waals surface area contributed by atoms with Crippen molar-refractivity contribution in [2.24, 2.45) is 5.84 Å². The lowest BCUT2D eigenvalue weighted by Crippen LogP contribution is -2.27. The van der Waals surface area contributed by atoms with Crippen molar-refractivity contribution in [2.75, 3.05) is 0 Å². The zero-order chi connectivity index (χ0) is 10.6. The summed E-state index contributed by atoms with van der Waals surface area (Å²) in [6, 6.07) is 5.21. The van der Waals surface area contributed by atoms with Gasteiger partial charge in [0.25, 0.3) is 0 Å². The molecule has 1 aromatic rings. The topological polar surface area (TPSA) is 38.0 Å². The molecular weight excluding hydrogens is 219 g/mol. The molecule has 0 amide bonds. The first-order valence-corrected chi connectivity index (χ1v) is 4.79. The molecule has 0 aromatic heterocycles. The van der Waals surface area contributed by atoms with Gasteiger partial charge in [-0.25, -0.2) is 0 Å². The van der Waals surface area contributed by atoms with Gasteiger partial charge < -0.3 is 0 Å². The SMILES string of the molecule is C#CCC(NN)c1cccc(Cl)c1Cl. The second kappa shape index (κ2) is 5.23. The molecule has 0 saturated carbocycles. The number of nitrogens with one attached hydrogen (secondary N) is 1. The number of nitrogens with two attached hydrogens (primary N) is 1. The van der Waals surface area contributed by atoms with Crippen LogP contribution < -0.4 is 11.3 Å². The zero-order valence-electron chi connectivity index (χ0n) is 7.43. The van der Waals surface area contributed by atoms with Crippen LogP contribution in [0.5, 0.6) is 0 Å². The van der Waals surface area contributed by atoms with Crippen LogP contribution in [0.2, 0.25) is 10.0 Å². The van der Waals surface area contributed by atoms with Gasteiger partial charge in [-0.15, -0.1) is 12.3 Å². The average Bonchev–Trinajstić information content (AvgIpc) is 2.19. The average molecular weight is 229 g/mol. The summed E-state index contributed by atoms with van der Waals surface area (Å²) in [7, 11) is 0. The summed E-state index contributed by atoms with van der Waals surface area (Å²) in [5.74, 6) is 7.88. The van der Waals surface area contributed by atoms with E-state index in [0.717, 1.165) is 5.56 Å². The Kier molecular flexibility index (Phi) is 4.24. The standard InChI is InChI=1S/C10H10Cl2N2/c1-2-4-9(14-13)7-5-3-6-8(11)10(7)12/h1,3,5-6,9,14H,4,13H2.